The molecular formula is C32H21BaClCuN8O3S. The molecule has 0 saturated heterocycles. The van der Waals surface area contributed by atoms with Crippen molar-refractivity contribution in [3.8, 4) is 45.6 Å². The molecule has 5 heterocycles. The summed E-state index contributed by atoms with van der Waals surface area (Å²) < 4.78 is 25.1. The van der Waals surface area contributed by atoms with Gasteiger partial charge in [-0.2, -0.15) is 0 Å². The van der Waals surface area contributed by atoms with Gasteiger partial charge in [0, 0.05) is 0 Å². The van der Waals surface area contributed by atoms with Crippen molar-refractivity contribution < 1.29 is 27.0 Å². The molecule has 2 aliphatic rings. The first-order valence-corrected chi connectivity index (χ1v) is 16.6. The van der Waals surface area contributed by atoms with Crippen LogP contribution in [-0.2, 0) is 25.0 Å². The molecule has 7 aromatic rings. The van der Waals surface area contributed by atoms with Crippen LogP contribution in [0.1, 0.15) is 0 Å². The fourth-order valence-electron chi connectivity index (χ4n) is 5.67. The van der Waals surface area contributed by atoms with Crippen LogP contribution in [0, 0.1) is 0 Å². The van der Waals surface area contributed by atoms with E-state index in [2.05, 4.69) is 9.97 Å². The van der Waals surface area contributed by atoms with Crippen LogP contribution in [0.3, 0.4) is 0 Å². The van der Waals surface area contributed by atoms with Gasteiger partial charge in [0.05, 0.1) is 0 Å². The molecule has 47 heavy (non-hydrogen) atoms. The second kappa shape index (κ2) is 13.2. The first kappa shape index (κ1) is 32.1. The van der Waals surface area contributed by atoms with E-state index in [1.807, 2.05) is 91.0 Å². The number of fused-ring (bicyclic) bond motifs is 20. The second-order valence-electron chi connectivity index (χ2n) is 10.2. The van der Waals surface area contributed by atoms with Crippen LogP contribution in [0.5, 0.6) is 0 Å². The van der Waals surface area contributed by atoms with E-state index in [0.29, 0.717) is 45.9 Å². The Hall–Kier alpha value is -3.47. The van der Waals surface area contributed by atoms with Crippen molar-refractivity contribution >= 4 is 119 Å². The molecule has 11 nitrogen and oxygen atoms in total. The van der Waals surface area contributed by atoms with Crippen molar-refractivity contribution in [3.63, 3.8) is 0 Å². The fraction of sp³-hybridized carbons (Fsp3) is 0. The number of rotatable bonds is 1. The zero-order valence-corrected chi connectivity index (χ0v) is 25.8. The third kappa shape index (κ3) is 5.82. The molecule has 8 bridgehead atoms. The van der Waals surface area contributed by atoms with Crippen molar-refractivity contribution in [2.45, 2.75) is 0 Å². The van der Waals surface area contributed by atoms with E-state index in [9.17, 15) is 0 Å². The number of benzene rings is 4. The fourth-order valence-corrected chi connectivity index (χ4v) is 6.54. The van der Waals surface area contributed by atoms with Crippen LogP contribution in [-0.4, -0.2) is 102 Å². The SMILES string of the molecule is O=[SH](=O)O.[BaH2].[Cl][Cu][c]1cccc2c3nc4nc(nc5[nH]c(nc6nc(nc([nH]3)c12)-c1ccccc1-6)c1ccccc51)-c1ccccc1-4. The predicted molar refractivity (Wildman–Crippen MR) is 183 cm³/mol. The Kier molecular flexibility index (Phi) is 9.02. The van der Waals surface area contributed by atoms with Gasteiger partial charge >= 0.3 is 292 Å². The van der Waals surface area contributed by atoms with Crippen LogP contribution in [0.4, 0.5) is 0 Å². The van der Waals surface area contributed by atoms with Gasteiger partial charge in [0.2, 0.25) is 0 Å². The van der Waals surface area contributed by atoms with E-state index >= 15 is 0 Å². The number of nitrogens with zero attached hydrogens (tertiary/aromatic N) is 6. The van der Waals surface area contributed by atoms with Crippen molar-refractivity contribution in [2.24, 2.45) is 0 Å². The van der Waals surface area contributed by atoms with Gasteiger partial charge in [-0.15, -0.1) is 0 Å². The van der Waals surface area contributed by atoms with Gasteiger partial charge in [0.15, 0.2) is 0 Å². The Morgan fingerprint density at radius 1 is 0.532 bits per heavy atom. The summed E-state index contributed by atoms with van der Waals surface area (Å²) in [6, 6.07) is 30.0. The molecule has 0 spiro atoms. The third-order valence-electron chi connectivity index (χ3n) is 7.56. The van der Waals surface area contributed by atoms with E-state index in [1.54, 1.807) is 0 Å². The summed E-state index contributed by atoms with van der Waals surface area (Å²) in [4.78, 5) is 36.9. The summed E-state index contributed by atoms with van der Waals surface area (Å²) >= 11 is 1.25. The Morgan fingerprint density at radius 2 is 0.894 bits per heavy atom. The van der Waals surface area contributed by atoms with Crippen LogP contribution in [0.2, 0.25) is 0 Å². The Labute approximate surface area is 318 Å². The Morgan fingerprint density at radius 3 is 1.34 bits per heavy atom. The summed E-state index contributed by atoms with van der Waals surface area (Å²) in [5.74, 6) is 2.26. The van der Waals surface area contributed by atoms with Crippen molar-refractivity contribution in [1.82, 2.24) is 39.9 Å². The predicted octanol–water partition coefficient (Wildman–Crippen LogP) is 4.89. The van der Waals surface area contributed by atoms with Gasteiger partial charge in [-0.25, -0.2) is 8.42 Å². The van der Waals surface area contributed by atoms with Gasteiger partial charge in [0.1, 0.15) is 0 Å². The van der Waals surface area contributed by atoms with E-state index in [-0.39, 0.29) is 48.9 Å². The summed E-state index contributed by atoms with van der Waals surface area (Å²) in [7, 11) is 3.21. The van der Waals surface area contributed by atoms with Gasteiger partial charge in [0.25, 0.3) is 11.0 Å². The van der Waals surface area contributed by atoms with Crippen LogP contribution in [0.25, 0.3) is 89.7 Å². The zero-order valence-electron chi connectivity index (χ0n) is 23.2. The van der Waals surface area contributed by atoms with E-state index in [4.69, 9.17) is 53.0 Å². The average Bonchev–Trinajstić information content (AvgIpc) is 3.80. The standard InChI is InChI=1S/C32H17N8.Ba.ClH.Cu.H2O3S.2H/c1-2-10-18-17(9-1)25-33-26(18)38-28-21-13-5-6-14-22(21)30(35-28)40-32-24-16-8-7-15-23(24)31(36-32)39-29-20-12-4-3-11-19(20)27(34-29)37-25;;;;1-4(2)3;;/h1-15H,(H2,33,34,35,36,37,38,39,40);;1H;;4H,(H,1,2,3);;/q;;;+1;;;/p-1. The molecular weight excluding hydrogens is 813 g/mol. The van der Waals surface area contributed by atoms with Gasteiger partial charge in [-0.05, 0) is 0 Å². The summed E-state index contributed by atoms with van der Waals surface area (Å²) in [6.45, 7) is 0. The second-order valence-corrected chi connectivity index (χ2v) is 11.8. The number of H-pyrrole nitrogens is 2. The van der Waals surface area contributed by atoms with Gasteiger partial charge in [-0.1, -0.05) is 6.07 Å². The van der Waals surface area contributed by atoms with Gasteiger partial charge < -0.3 is 0 Å². The topological polar surface area (TPSA) is 163 Å². The maximum atomic E-state index is 8.59. The molecule has 2 aliphatic heterocycles. The first-order valence-electron chi connectivity index (χ1n) is 13.7. The Balaban J connectivity index is 0.000000667. The normalized spacial score (nSPS) is 11.6. The number of thiol groups is 1. The summed E-state index contributed by atoms with van der Waals surface area (Å²) in [6.07, 6.45) is 0. The van der Waals surface area contributed by atoms with Crippen LogP contribution in [0.15, 0.2) is 91.0 Å². The van der Waals surface area contributed by atoms with Crippen molar-refractivity contribution in [3.05, 3.63) is 91.0 Å². The molecule has 0 saturated carbocycles. The molecule has 3 N–H and O–H groups in total. The number of hydrogen-bond donors (Lipinski definition) is 4. The number of aromatic amines is 2. The molecule has 0 aliphatic carbocycles. The van der Waals surface area contributed by atoms with E-state index < -0.39 is 11.0 Å². The molecule has 233 valence electrons. The minimum atomic E-state index is -3.12. The maximum absolute atomic E-state index is 8.59. The number of hydrogen-bond acceptors (Lipinski definition) is 8. The number of halogens is 1. The van der Waals surface area contributed by atoms with Crippen LogP contribution >= 0.6 is 10.1 Å². The van der Waals surface area contributed by atoms with Gasteiger partial charge in [-0.3, -0.25) is 4.55 Å². The molecule has 0 radical (unpaired) electrons. The molecule has 0 atom stereocenters. The average molecular weight is 834 g/mol. The molecule has 0 fully saturated rings. The van der Waals surface area contributed by atoms with Crippen molar-refractivity contribution in [2.75, 3.05) is 0 Å². The minimum absolute atomic E-state index is 0. The number of aromatic nitrogens is 8. The monoisotopic (exact) mass is 833 g/mol. The molecule has 4 aromatic carbocycles. The summed E-state index contributed by atoms with van der Waals surface area (Å²) in [5, 5.41) is 3.63. The first-order chi connectivity index (χ1) is 22.5. The summed E-state index contributed by atoms with van der Waals surface area (Å²) in [5.41, 5.74) is 6.18. The number of nitrogens with one attached hydrogen (secondary N) is 2. The molecule has 3 aromatic heterocycles. The van der Waals surface area contributed by atoms with E-state index in [0.717, 1.165) is 48.3 Å². The van der Waals surface area contributed by atoms with E-state index in [1.165, 1.54) is 14.0 Å². The Bertz CT molecular complexity index is 2610. The molecule has 15 heteroatoms. The van der Waals surface area contributed by atoms with Crippen molar-refractivity contribution in [1.29, 1.82) is 0 Å². The third-order valence-corrected chi connectivity index (χ3v) is 8.65. The molecule has 0 amide bonds. The van der Waals surface area contributed by atoms with Crippen LogP contribution < -0.4 is 4.46 Å². The molecule has 0 unspecified atom stereocenters. The molecule has 9 rings (SSSR count). The quantitative estimate of drug-likeness (QED) is 0.103. The zero-order chi connectivity index (χ0) is 31.4.